The topological polar surface area (TPSA) is 45.1 Å². The molecule has 0 aliphatic heterocycles. The summed E-state index contributed by atoms with van der Waals surface area (Å²) in [6.45, 7) is 0.995. The van der Waals surface area contributed by atoms with E-state index in [0.29, 0.717) is 6.04 Å². The number of aliphatic hydroxyl groups is 1. The number of aromatic nitrogens is 1. The van der Waals surface area contributed by atoms with E-state index < -0.39 is 0 Å². The summed E-state index contributed by atoms with van der Waals surface area (Å²) in [6.07, 6.45) is 4.33. The predicted octanol–water partition coefficient (Wildman–Crippen LogP) is 0.909. The number of hydrogen-bond donors (Lipinski definition) is 2. The van der Waals surface area contributed by atoms with Crippen LogP contribution in [0.2, 0.25) is 0 Å². The van der Waals surface area contributed by atoms with Gasteiger partial charge in [0.05, 0.1) is 6.61 Å². The van der Waals surface area contributed by atoms with Gasteiger partial charge in [0, 0.05) is 30.4 Å². The fraction of sp³-hybridized carbons (Fsp3) is 0.545. The van der Waals surface area contributed by atoms with Crippen molar-refractivity contribution in [1.82, 2.24) is 10.3 Å². The molecule has 2 N–H and O–H groups in total. The van der Waals surface area contributed by atoms with Crippen LogP contribution in [-0.2, 0) is 0 Å². The second-order valence-corrected chi connectivity index (χ2v) is 3.82. The van der Waals surface area contributed by atoms with Crippen molar-refractivity contribution in [2.75, 3.05) is 13.2 Å². The van der Waals surface area contributed by atoms with Crippen LogP contribution in [-0.4, -0.2) is 29.3 Å². The highest BCUT2D eigenvalue weighted by Gasteiger charge is 2.22. The van der Waals surface area contributed by atoms with Gasteiger partial charge >= 0.3 is 0 Å². The van der Waals surface area contributed by atoms with E-state index in [1.807, 2.05) is 18.2 Å². The molecule has 76 valence electrons. The van der Waals surface area contributed by atoms with E-state index >= 15 is 0 Å². The van der Waals surface area contributed by atoms with Gasteiger partial charge in [0.25, 0.3) is 0 Å². The molecule has 0 saturated heterocycles. The summed E-state index contributed by atoms with van der Waals surface area (Å²) in [4.78, 5) is 4.25. The monoisotopic (exact) mass is 192 g/mol. The zero-order chi connectivity index (χ0) is 9.80. The quantitative estimate of drug-likeness (QED) is 0.729. The molecule has 0 amide bonds. The number of aliphatic hydroxyl groups excluding tert-OH is 1. The van der Waals surface area contributed by atoms with Gasteiger partial charge in [0.2, 0.25) is 0 Å². The number of hydrogen-bond acceptors (Lipinski definition) is 3. The lowest BCUT2D eigenvalue weighted by Crippen LogP contribution is -2.25. The Labute approximate surface area is 84.2 Å². The minimum Gasteiger partial charge on any atom is -0.396 e. The molecule has 1 aliphatic carbocycles. The Kier molecular flexibility index (Phi) is 3.11. The van der Waals surface area contributed by atoms with Gasteiger partial charge in [0.1, 0.15) is 0 Å². The molecule has 1 aromatic rings. The maximum atomic E-state index is 9.23. The van der Waals surface area contributed by atoms with Crippen LogP contribution in [0.1, 0.15) is 24.5 Å². The SMILES string of the molecule is OCC(CNC1CC1)c1ccccn1. The fourth-order valence-corrected chi connectivity index (χ4v) is 1.48. The molecule has 0 bridgehead atoms. The molecule has 1 fully saturated rings. The number of nitrogens with zero attached hydrogens (tertiary/aromatic N) is 1. The zero-order valence-corrected chi connectivity index (χ0v) is 8.19. The van der Waals surface area contributed by atoms with Gasteiger partial charge in [-0.25, -0.2) is 0 Å². The van der Waals surface area contributed by atoms with Crippen molar-refractivity contribution < 1.29 is 5.11 Å². The summed E-state index contributed by atoms with van der Waals surface area (Å²) in [6, 6.07) is 6.51. The normalized spacial score (nSPS) is 18.1. The highest BCUT2D eigenvalue weighted by Crippen LogP contribution is 2.20. The van der Waals surface area contributed by atoms with Crippen LogP contribution in [0.15, 0.2) is 24.4 Å². The molecule has 1 aliphatic rings. The largest absolute Gasteiger partial charge is 0.396 e. The van der Waals surface area contributed by atoms with Crippen molar-refractivity contribution in [1.29, 1.82) is 0 Å². The lowest BCUT2D eigenvalue weighted by Gasteiger charge is -2.13. The summed E-state index contributed by atoms with van der Waals surface area (Å²) in [5, 5.41) is 12.6. The van der Waals surface area contributed by atoms with E-state index in [-0.39, 0.29) is 12.5 Å². The summed E-state index contributed by atoms with van der Waals surface area (Å²) < 4.78 is 0. The molecule has 14 heavy (non-hydrogen) atoms. The van der Waals surface area contributed by atoms with Gasteiger partial charge in [-0.2, -0.15) is 0 Å². The third-order valence-corrected chi connectivity index (χ3v) is 2.56. The molecular formula is C11H16N2O. The molecule has 3 heteroatoms. The lowest BCUT2D eigenvalue weighted by atomic mass is 10.1. The first-order valence-electron chi connectivity index (χ1n) is 5.15. The number of nitrogens with one attached hydrogen (secondary N) is 1. The summed E-state index contributed by atoms with van der Waals surface area (Å²) in [7, 11) is 0. The Morgan fingerprint density at radius 3 is 2.93 bits per heavy atom. The highest BCUT2D eigenvalue weighted by atomic mass is 16.3. The molecule has 0 radical (unpaired) electrons. The third-order valence-electron chi connectivity index (χ3n) is 2.56. The van der Waals surface area contributed by atoms with Gasteiger partial charge in [0.15, 0.2) is 0 Å². The predicted molar refractivity (Wildman–Crippen MR) is 55.1 cm³/mol. The van der Waals surface area contributed by atoms with Gasteiger partial charge in [-0.05, 0) is 25.0 Å². The van der Waals surface area contributed by atoms with Crippen LogP contribution in [0.5, 0.6) is 0 Å². The lowest BCUT2D eigenvalue weighted by molar-refractivity contribution is 0.259. The maximum absolute atomic E-state index is 9.23. The molecule has 1 atom stereocenters. The first kappa shape index (κ1) is 9.62. The molecule has 1 unspecified atom stereocenters. The summed E-state index contributed by atoms with van der Waals surface area (Å²) in [5.41, 5.74) is 0.975. The first-order chi connectivity index (χ1) is 6.90. The molecule has 0 aromatic carbocycles. The van der Waals surface area contributed by atoms with Crippen molar-refractivity contribution in [2.24, 2.45) is 0 Å². The van der Waals surface area contributed by atoms with Crippen LogP contribution < -0.4 is 5.32 Å². The van der Waals surface area contributed by atoms with Gasteiger partial charge in [-0.1, -0.05) is 6.07 Å². The smallest absolute Gasteiger partial charge is 0.0527 e. The van der Waals surface area contributed by atoms with Crippen LogP contribution in [0.25, 0.3) is 0 Å². The highest BCUT2D eigenvalue weighted by molar-refractivity contribution is 5.10. The van der Waals surface area contributed by atoms with E-state index in [9.17, 15) is 5.11 Å². The second kappa shape index (κ2) is 4.53. The van der Waals surface area contributed by atoms with Crippen molar-refractivity contribution in [3.05, 3.63) is 30.1 Å². The standard InChI is InChI=1S/C11H16N2O/c14-8-9(7-13-10-4-5-10)11-3-1-2-6-12-11/h1-3,6,9-10,13-14H,4-5,7-8H2. The Morgan fingerprint density at radius 1 is 1.50 bits per heavy atom. The number of rotatable bonds is 5. The van der Waals surface area contributed by atoms with Gasteiger partial charge < -0.3 is 10.4 Å². The van der Waals surface area contributed by atoms with Crippen LogP contribution in [0, 0.1) is 0 Å². The zero-order valence-electron chi connectivity index (χ0n) is 8.19. The average Bonchev–Trinajstić information content (AvgIpc) is 3.04. The van der Waals surface area contributed by atoms with E-state index in [2.05, 4.69) is 10.3 Å². The molecule has 1 heterocycles. The second-order valence-electron chi connectivity index (χ2n) is 3.82. The average molecular weight is 192 g/mol. The van der Waals surface area contributed by atoms with E-state index in [0.717, 1.165) is 12.2 Å². The first-order valence-corrected chi connectivity index (χ1v) is 5.15. The molecule has 0 spiro atoms. The van der Waals surface area contributed by atoms with Crippen LogP contribution in [0.3, 0.4) is 0 Å². The minimum atomic E-state index is 0.136. The third kappa shape index (κ3) is 2.53. The van der Waals surface area contributed by atoms with Gasteiger partial charge in [-0.15, -0.1) is 0 Å². The van der Waals surface area contributed by atoms with Crippen molar-refractivity contribution >= 4 is 0 Å². The molecule has 3 nitrogen and oxygen atoms in total. The van der Waals surface area contributed by atoms with Crippen LogP contribution >= 0.6 is 0 Å². The van der Waals surface area contributed by atoms with Gasteiger partial charge in [-0.3, -0.25) is 4.98 Å². The fourth-order valence-electron chi connectivity index (χ4n) is 1.48. The van der Waals surface area contributed by atoms with E-state index in [4.69, 9.17) is 0 Å². The van der Waals surface area contributed by atoms with E-state index in [1.54, 1.807) is 6.20 Å². The Morgan fingerprint density at radius 2 is 2.36 bits per heavy atom. The van der Waals surface area contributed by atoms with Crippen molar-refractivity contribution in [3.63, 3.8) is 0 Å². The molecule has 1 saturated carbocycles. The van der Waals surface area contributed by atoms with E-state index in [1.165, 1.54) is 12.8 Å². The Balaban J connectivity index is 1.90. The molecular weight excluding hydrogens is 176 g/mol. The molecule has 1 aromatic heterocycles. The van der Waals surface area contributed by atoms with Crippen molar-refractivity contribution in [3.8, 4) is 0 Å². The summed E-state index contributed by atoms with van der Waals surface area (Å²) >= 11 is 0. The Bertz CT molecular complexity index is 272. The van der Waals surface area contributed by atoms with Crippen molar-refractivity contribution in [2.45, 2.75) is 24.8 Å². The number of pyridine rings is 1. The minimum absolute atomic E-state index is 0.136. The summed E-state index contributed by atoms with van der Waals surface area (Å²) in [5.74, 6) is 0.136. The molecule has 2 rings (SSSR count). The Hall–Kier alpha value is -0.930. The van der Waals surface area contributed by atoms with Crippen LogP contribution in [0.4, 0.5) is 0 Å². The maximum Gasteiger partial charge on any atom is 0.0527 e.